The molecule has 4 nitrogen and oxygen atoms in total. The van der Waals surface area contributed by atoms with Crippen molar-refractivity contribution in [3.63, 3.8) is 0 Å². The van der Waals surface area contributed by atoms with Crippen LogP contribution in [-0.2, 0) is 14.3 Å². The number of rotatable bonds is 5. The van der Waals surface area contributed by atoms with Crippen molar-refractivity contribution in [2.45, 2.75) is 25.0 Å². The van der Waals surface area contributed by atoms with Gasteiger partial charge in [-0.3, -0.25) is 4.79 Å². The quantitative estimate of drug-likeness (QED) is 0.863. The van der Waals surface area contributed by atoms with Crippen LogP contribution in [0.3, 0.4) is 0 Å². The lowest BCUT2D eigenvalue weighted by Crippen LogP contribution is -2.37. The maximum Gasteiger partial charge on any atom is 0.249 e. The molecular weight excluding hydrogens is 230 g/mol. The molecule has 0 aliphatic carbocycles. The SMILES string of the molecule is CO[C@@H](CNC(=O)[C@@H]1CCCO1)c1ccccc1. The first kappa shape index (κ1) is 13.1. The maximum atomic E-state index is 11.8. The van der Waals surface area contributed by atoms with Crippen LogP contribution in [0.5, 0.6) is 0 Å². The number of hydrogen-bond donors (Lipinski definition) is 1. The molecule has 98 valence electrons. The standard InChI is InChI=1S/C14H19NO3/c1-17-13(11-6-3-2-4-7-11)10-15-14(16)12-8-5-9-18-12/h2-4,6-7,12-13H,5,8-10H2,1H3,(H,15,16)/t12-,13-/m0/s1. The van der Waals surface area contributed by atoms with Crippen molar-refractivity contribution in [1.82, 2.24) is 5.32 Å². The van der Waals surface area contributed by atoms with Crippen molar-refractivity contribution in [3.8, 4) is 0 Å². The Morgan fingerprint density at radius 1 is 1.50 bits per heavy atom. The van der Waals surface area contributed by atoms with Crippen molar-refractivity contribution in [1.29, 1.82) is 0 Å². The van der Waals surface area contributed by atoms with Crippen LogP contribution in [-0.4, -0.2) is 32.3 Å². The van der Waals surface area contributed by atoms with Gasteiger partial charge in [-0.05, 0) is 18.4 Å². The molecule has 0 radical (unpaired) electrons. The normalized spacial score (nSPS) is 20.6. The van der Waals surface area contributed by atoms with Crippen LogP contribution in [0.1, 0.15) is 24.5 Å². The zero-order valence-corrected chi connectivity index (χ0v) is 10.6. The Bertz CT molecular complexity index is 374. The molecule has 1 aromatic carbocycles. The summed E-state index contributed by atoms with van der Waals surface area (Å²) >= 11 is 0. The topological polar surface area (TPSA) is 47.6 Å². The van der Waals surface area contributed by atoms with E-state index in [0.717, 1.165) is 18.4 Å². The molecule has 1 saturated heterocycles. The Morgan fingerprint density at radius 3 is 2.89 bits per heavy atom. The van der Waals surface area contributed by atoms with Gasteiger partial charge < -0.3 is 14.8 Å². The summed E-state index contributed by atoms with van der Waals surface area (Å²) in [6.07, 6.45) is 1.38. The van der Waals surface area contributed by atoms with E-state index in [1.54, 1.807) is 7.11 Å². The van der Waals surface area contributed by atoms with Crippen molar-refractivity contribution < 1.29 is 14.3 Å². The Hall–Kier alpha value is -1.39. The van der Waals surface area contributed by atoms with Gasteiger partial charge in [0.25, 0.3) is 0 Å². The number of hydrogen-bond acceptors (Lipinski definition) is 3. The minimum Gasteiger partial charge on any atom is -0.375 e. The zero-order valence-electron chi connectivity index (χ0n) is 10.6. The van der Waals surface area contributed by atoms with E-state index in [4.69, 9.17) is 9.47 Å². The second-order valence-corrected chi connectivity index (χ2v) is 4.38. The van der Waals surface area contributed by atoms with Gasteiger partial charge in [-0.2, -0.15) is 0 Å². The van der Waals surface area contributed by atoms with Crippen LogP contribution in [0.4, 0.5) is 0 Å². The molecule has 1 aromatic rings. The van der Waals surface area contributed by atoms with Gasteiger partial charge in [-0.15, -0.1) is 0 Å². The molecule has 1 N–H and O–H groups in total. The van der Waals surface area contributed by atoms with Gasteiger partial charge in [-0.25, -0.2) is 0 Å². The summed E-state index contributed by atoms with van der Waals surface area (Å²) < 4.78 is 10.7. The van der Waals surface area contributed by atoms with Crippen LogP contribution in [0.2, 0.25) is 0 Å². The molecule has 2 atom stereocenters. The van der Waals surface area contributed by atoms with Gasteiger partial charge in [0.2, 0.25) is 5.91 Å². The number of nitrogens with one attached hydrogen (secondary N) is 1. The summed E-state index contributed by atoms with van der Waals surface area (Å²) in [7, 11) is 1.65. The molecule has 1 aliphatic rings. The Kier molecular flexibility index (Phi) is 4.73. The summed E-state index contributed by atoms with van der Waals surface area (Å²) in [4.78, 5) is 11.8. The summed E-state index contributed by atoms with van der Waals surface area (Å²) in [5.41, 5.74) is 1.06. The first-order chi connectivity index (χ1) is 8.81. The smallest absolute Gasteiger partial charge is 0.249 e. The Balaban J connectivity index is 1.85. The van der Waals surface area contributed by atoms with E-state index in [2.05, 4.69) is 5.32 Å². The second-order valence-electron chi connectivity index (χ2n) is 4.38. The Morgan fingerprint density at radius 2 is 2.28 bits per heavy atom. The van der Waals surface area contributed by atoms with Crippen LogP contribution < -0.4 is 5.32 Å². The molecule has 0 aromatic heterocycles. The fraction of sp³-hybridized carbons (Fsp3) is 0.500. The van der Waals surface area contributed by atoms with Gasteiger partial charge in [0.05, 0.1) is 6.10 Å². The van der Waals surface area contributed by atoms with Crippen molar-refractivity contribution in [2.75, 3.05) is 20.3 Å². The number of amides is 1. The van der Waals surface area contributed by atoms with E-state index in [1.807, 2.05) is 30.3 Å². The molecule has 1 amide bonds. The van der Waals surface area contributed by atoms with Crippen LogP contribution >= 0.6 is 0 Å². The monoisotopic (exact) mass is 249 g/mol. The molecule has 2 rings (SSSR count). The van der Waals surface area contributed by atoms with E-state index in [0.29, 0.717) is 13.2 Å². The lowest BCUT2D eigenvalue weighted by atomic mass is 10.1. The van der Waals surface area contributed by atoms with Gasteiger partial charge in [0.15, 0.2) is 0 Å². The molecule has 0 bridgehead atoms. The average molecular weight is 249 g/mol. The fourth-order valence-electron chi connectivity index (χ4n) is 2.10. The minimum absolute atomic E-state index is 0.0366. The third kappa shape index (κ3) is 3.31. The molecule has 0 unspecified atom stereocenters. The first-order valence-corrected chi connectivity index (χ1v) is 6.28. The van der Waals surface area contributed by atoms with Crippen molar-refractivity contribution in [3.05, 3.63) is 35.9 Å². The third-order valence-electron chi connectivity index (χ3n) is 3.14. The lowest BCUT2D eigenvalue weighted by Gasteiger charge is -2.18. The van der Waals surface area contributed by atoms with E-state index in [1.165, 1.54) is 0 Å². The third-order valence-corrected chi connectivity index (χ3v) is 3.14. The first-order valence-electron chi connectivity index (χ1n) is 6.28. The molecule has 4 heteroatoms. The van der Waals surface area contributed by atoms with Gasteiger partial charge in [0, 0.05) is 20.3 Å². The minimum atomic E-state index is -0.279. The number of carbonyl (C=O) groups is 1. The van der Waals surface area contributed by atoms with E-state index in [9.17, 15) is 4.79 Å². The van der Waals surface area contributed by atoms with Crippen LogP contribution in [0, 0.1) is 0 Å². The second kappa shape index (κ2) is 6.52. The maximum absolute atomic E-state index is 11.8. The highest BCUT2D eigenvalue weighted by atomic mass is 16.5. The molecule has 1 fully saturated rings. The van der Waals surface area contributed by atoms with Gasteiger partial charge >= 0.3 is 0 Å². The highest BCUT2D eigenvalue weighted by Gasteiger charge is 2.24. The summed E-state index contributed by atoms with van der Waals surface area (Å²) in [5.74, 6) is -0.0366. The predicted octanol–water partition coefficient (Wildman–Crippen LogP) is 1.67. The van der Waals surface area contributed by atoms with E-state index >= 15 is 0 Å². The molecule has 0 saturated carbocycles. The molecule has 18 heavy (non-hydrogen) atoms. The van der Waals surface area contributed by atoms with Gasteiger partial charge in [0.1, 0.15) is 6.10 Å². The largest absolute Gasteiger partial charge is 0.375 e. The molecular formula is C14H19NO3. The summed E-state index contributed by atoms with van der Waals surface area (Å²) in [5, 5.41) is 2.89. The summed E-state index contributed by atoms with van der Waals surface area (Å²) in [6, 6.07) is 9.87. The highest BCUT2D eigenvalue weighted by molar-refractivity contribution is 5.80. The lowest BCUT2D eigenvalue weighted by molar-refractivity contribution is -0.130. The van der Waals surface area contributed by atoms with E-state index < -0.39 is 0 Å². The number of ether oxygens (including phenoxy) is 2. The Labute approximate surface area is 107 Å². The van der Waals surface area contributed by atoms with Crippen LogP contribution in [0.25, 0.3) is 0 Å². The average Bonchev–Trinajstić information content (AvgIpc) is 2.94. The fourth-order valence-corrected chi connectivity index (χ4v) is 2.10. The predicted molar refractivity (Wildman–Crippen MR) is 68.2 cm³/mol. The highest BCUT2D eigenvalue weighted by Crippen LogP contribution is 2.16. The summed E-state index contributed by atoms with van der Waals surface area (Å²) in [6.45, 7) is 1.16. The zero-order chi connectivity index (χ0) is 12.8. The number of benzene rings is 1. The molecule has 0 spiro atoms. The van der Waals surface area contributed by atoms with Gasteiger partial charge in [-0.1, -0.05) is 30.3 Å². The van der Waals surface area contributed by atoms with Crippen molar-refractivity contribution >= 4 is 5.91 Å². The van der Waals surface area contributed by atoms with Crippen LogP contribution in [0.15, 0.2) is 30.3 Å². The molecule has 1 heterocycles. The molecule has 1 aliphatic heterocycles. The van der Waals surface area contributed by atoms with E-state index in [-0.39, 0.29) is 18.1 Å². The number of methoxy groups -OCH3 is 1. The number of carbonyl (C=O) groups excluding carboxylic acids is 1. The van der Waals surface area contributed by atoms with Crippen molar-refractivity contribution in [2.24, 2.45) is 0 Å².